The Morgan fingerprint density at radius 2 is 2.22 bits per heavy atom. The van der Waals surface area contributed by atoms with Crippen molar-refractivity contribution in [1.82, 2.24) is 9.97 Å². The number of hydrogen-bond donors (Lipinski definition) is 2. The Kier molecular flexibility index (Phi) is 3.18. The largest absolute Gasteiger partial charge is 0.392 e. The first-order valence-corrected chi connectivity index (χ1v) is 7.24. The van der Waals surface area contributed by atoms with Gasteiger partial charge in [0.25, 0.3) is 0 Å². The van der Waals surface area contributed by atoms with E-state index in [2.05, 4.69) is 15.3 Å². The lowest BCUT2D eigenvalue weighted by atomic mass is 9.97. The van der Waals surface area contributed by atoms with Crippen LogP contribution in [0.25, 0.3) is 10.2 Å². The number of nitrogens with one attached hydrogen (secondary N) is 1. The summed E-state index contributed by atoms with van der Waals surface area (Å²) in [5, 5.41) is 13.8. The van der Waals surface area contributed by atoms with Crippen LogP contribution in [0.3, 0.4) is 0 Å². The Labute approximate surface area is 110 Å². The van der Waals surface area contributed by atoms with Crippen molar-refractivity contribution in [3.05, 3.63) is 16.8 Å². The number of fused-ring (bicyclic) bond motifs is 3. The molecule has 0 saturated carbocycles. The molecule has 0 saturated heterocycles. The van der Waals surface area contributed by atoms with E-state index in [1.807, 2.05) is 0 Å². The van der Waals surface area contributed by atoms with Crippen molar-refractivity contribution >= 4 is 27.4 Å². The third-order valence-corrected chi connectivity index (χ3v) is 4.52. The average molecular weight is 263 g/mol. The molecule has 0 aromatic carbocycles. The van der Waals surface area contributed by atoms with Crippen LogP contribution in [-0.4, -0.2) is 27.7 Å². The van der Waals surface area contributed by atoms with E-state index in [1.54, 1.807) is 24.6 Å². The van der Waals surface area contributed by atoms with Gasteiger partial charge < -0.3 is 10.4 Å². The zero-order chi connectivity index (χ0) is 12.5. The second-order valence-electron chi connectivity index (χ2n) is 4.84. The number of aromatic nitrogens is 2. The van der Waals surface area contributed by atoms with E-state index < -0.39 is 0 Å². The molecule has 18 heavy (non-hydrogen) atoms. The van der Waals surface area contributed by atoms with Crippen molar-refractivity contribution in [3.8, 4) is 0 Å². The number of hydrogen-bond acceptors (Lipinski definition) is 5. The Balaban J connectivity index is 2.05. The summed E-state index contributed by atoms with van der Waals surface area (Å²) in [6.45, 7) is 2.30. The molecule has 2 heterocycles. The van der Waals surface area contributed by atoms with Crippen molar-refractivity contribution in [1.29, 1.82) is 0 Å². The van der Waals surface area contributed by atoms with Crippen LogP contribution in [-0.2, 0) is 12.8 Å². The van der Waals surface area contributed by atoms with Gasteiger partial charge in [-0.2, -0.15) is 0 Å². The molecule has 0 aliphatic heterocycles. The van der Waals surface area contributed by atoms with E-state index in [4.69, 9.17) is 0 Å². The first-order valence-electron chi connectivity index (χ1n) is 6.43. The molecule has 2 N–H and O–H groups in total. The number of nitrogens with zero attached hydrogens (tertiary/aromatic N) is 2. The topological polar surface area (TPSA) is 58.0 Å². The number of rotatable bonds is 3. The van der Waals surface area contributed by atoms with Crippen LogP contribution in [0.1, 0.15) is 30.2 Å². The highest BCUT2D eigenvalue weighted by Gasteiger charge is 2.19. The lowest BCUT2D eigenvalue weighted by molar-refractivity contribution is 0.208. The van der Waals surface area contributed by atoms with Crippen LogP contribution in [0.5, 0.6) is 0 Å². The number of aliphatic hydroxyl groups is 1. The summed E-state index contributed by atoms with van der Waals surface area (Å²) in [7, 11) is 0. The second-order valence-corrected chi connectivity index (χ2v) is 5.93. The van der Waals surface area contributed by atoms with Crippen molar-refractivity contribution in [3.63, 3.8) is 0 Å². The Bertz CT molecular complexity index is 565. The van der Waals surface area contributed by atoms with Gasteiger partial charge in [-0.05, 0) is 38.2 Å². The second kappa shape index (κ2) is 4.82. The zero-order valence-electron chi connectivity index (χ0n) is 10.4. The molecule has 0 unspecified atom stereocenters. The Hall–Kier alpha value is -1.20. The molecule has 0 amide bonds. The third-order valence-electron chi connectivity index (χ3n) is 3.32. The van der Waals surface area contributed by atoms with Gasteiger partial charge in [-0.1, -0.05) is 0 Å². The van der Waals surface area contributed by atoms with Gasteiger partial charge in [0.1, 0.15) is 17.0 Å². The summed E-state index contributed by atoms with van der Waals surface area (Å²) in [6, 6.07) is 0. The van der Waals surface area contributed by atoms with Crippen molar-refractivity contribution in [2.24, 2.45) is 0 Å². The molecule has 0 fully saturated rings. The Morgan fingerprint density at radius 3 is 3.06 bits per heavy atom. The van der Waals surface area contributed by atoms with Crippen molar-refractivity contribution in [2.45, 2.75) is 38.7 Å². The monoisotopic (exact) mass is 263 g/mol. The molecule has 0 bridgehead atoms. The molecule has 0 radical (unpaired) electrons. The number of anilines is 1. The van der Waals surface area contributed by atoms with Crippen LogP contribution in [0.2, 0.25) is 0 Å². The van der Waals surface area contributed by atoms with Crippen LogP contribution >= 0.6 is 11.3 Å². The minimum atomic E-state index is -0.371. The van der Waals surface area contributed by atoms with E-state index >= 15 is 0 Å². The van der Waals surface area contributed by atoms with E-state index in [0.717, 1.165) is 17.1 Å². The van der Waals surface area contributed by atoms with Crippen LogP contribution < -0.4 is 5.32 Å². The summed E-state index contributed by atoms with van der Waals surface area (Å²) in [5.41, 5.74) is 1.43. The maximum atomic E-state index is 9.37. The highest BCUT2D eigenvalue weighted by atomic mass is 32.1. The SMILES string of the molecule is C[C@H](O)CNc1ncnc2sc3c(c12)CCCC3. The lowest BCUT2D eigenvalue weighted by Gasteiger charge is -2.13. The van der Waals surface area contributed by atoms with Gasteiger partial charge in [-0.25, -0.2) is 9.97 Å². The van der Waals surface area contributed by atoms with Gasteiger partial charge in [0.05, 0.1) is 11.5 Å². The predicted molar refractivity (Wildman–Crippen MR) is 74.2 cm³/mol. The highest BCUT2D eigenvalue weighted by molar-refractivity contribution is 7.19. The highest BCUT2D eigenvalue weighted by Crippen LogP contribution is 2.37. The average Bonchev–Trinajstić information content (AvgIpc) is 2.75. The molecule has 2 aromatic heterocycles. The fourth-order valence-electron chi connectivity index (χ4n) is 2.47. The predicted octanol–water partition coefficient (Wildman–Crippen LogP) is 2.36. The quantitative estimate of drug-likeness (QED) is 0.892. The molecular weight excluding hydrogens is 246 g/mol. The molecule has 4 nitrogen and oxygen atoms in total. The molecule has 5 heteroatoms. The minimum Gasteiger partial charge on any atom is -0.392 e. The summed E-state index contributed by atoms with van der Waals surface area (Å²) in [6.07, 6.45) is 6.07. The zero-order valence-corrected chi connectivity index (χ0v) is 11.3. The van der Waals surface area contributed by atoms with Crippen molar-refractivity contribution < 1.29 is 5.11 Å². The van der Waals surface area contributed by atoms with E-state index in [1.165, 1.54) is 35.1 Å². The first-order chi connectivity index (χ1) is 8.75. The standard InChI is InChI=1S/C13H17N3OS/c1-8(17)6-14-12-11-9-4-2-3-5-10(9)18-13(11)16-7-15-12/h7-8,17H,2-6H2,1H3,(H,14,15,16)/t8-/m0/s1. The van der Waals surface area contributed by atoms with Crippen LogP contribution in [0.4, 0.5) is 5.82 Å². The normalized spacial score (nSPS) is 16.6. The molecule has 0 spiro atoms. The number of aryl methyl sites for hydroxylation is 2. The fourth-order valence-corrected chi connectivity index (χ4v) is 3.70. The number of thiophene rings is 1. The smallest absolute Gasteiger partial charge is 0.138 e. The maximum absolute atomic E-state index is 9.37. The van der Waals surface area contributed by atoms with Gasteiger partial charge in [-0.3, -0.25) is 0 Å². The van der Waals surface area contributed by atoms with E-state index in [9.17, 15) is 5.11 Å². The molecule has 2 aromatic rings. The van der Waals surface area contributed by atoms with Crippen LogP contribution in [0.15, 0.2) is 6.33 Å². The minimum absolute atomic E-state index is 0.371. The van der Waals surface area contributed by atoms with Crippen molar-refractivity contribution in [2.75, 3.05) is 11.9 Å². The van der Waals surface area contributed by atoms with Gasteiger partial charge in [0, 0.05) is 11.4 Å². The molecule has 1 aliphatic rings. The van der Waals surface area contributed by atoms with E-state index in [-0.39, 0.29) is 6.10 Å². The molecule has 1 aliphatic carbocycles. The fraction of sp³-hybridized carbons (Fsp3) is 0.538. The Morgan fingerprint density at radius 1 is 1.39 bits per heavy atom. The summed E-state index contributed by atoms with van der Waals surface area (Å²) >= 11 is 1.79. The first kappa shape index (κ1) is 11.9. The molecule has 96 valence electrons. The maximum Gasteiger partial charge on any atom is 0.138 e. The van der Waals surface area contributed by atoms with E-state index in [0.29, 0.717) is 6.54 Å². The summed E-state index contributed by atoms with van der Waals surface area (Å²) < 4.78 is 0. The molecular formula is C13H17N3OS. The third kappa shape index (κ3) is 2.08. The van der Waals surface area contributed by atoms with Gasteiger partial charge in [-0.15, -0.1) is 11.3 Å². The lowest BCUT2D eigenvalue weighted by Crippen LogP contribution is -2.16. The van der Waals surface area contributed by atoms with Gasteiger partial charge in [0.15, 0.2) is 0 Å². The van der Waals surface area contributed by atoms with Gasteiger partial charge >= 0.3 is 0 Å². The summed E-state index contributed by atoms with van der Waals surface area (Å²) in [4.78, 5) is 11.3. The van der Waals surface area contributed by atoms with Crippen LogP contribution in [0, 0.1) is 0 Å². The summed E-state index contributed by atoms with van der Waals surface area (Å²) in [5.74, 6) is 0.875. The number of aliphatic hydroxyl groups excluding tert-OH is 1. The van der Waals surface area contributed by atoms with Gasteiger partial charge in [0.2, 0.25) is 0 Å². The molecule has 3 rings (SSSR count). The molecule has 1 atom stereocenters.